The van der Waals surface area contributed by atoms with Crippen LogP contribution in [0, 0.1) is 13.8 Å². The van der Waals surface area contributed by atoms with Crippen molar-refractivity contribution in [3.63, 3.8) is 0 Å². The summed E-state index contributed by atoms with van der Waals surface area (Å²) in [7, 11) is 0. The first-order valence-electron chi connectivity index (χ1n) is 10.5. The third kappa shape index (κ3) is 4.21. The van der Waals surface area contributed by atoms with E-state index < -0.39 is 5.97 Å². The summed E-state index contributed by atoms with van der Waals surface area (Å²) in [6, 6.07) is 9.45. The van der Waals surface area contributed by atoms with Gasteiger partial charge >= 0.3 is 5.97 Å². The van der Waals surface area contributed by atoms with E-state index in [2.05, 4.69) is 21.4 Å². The van der Waals surface area contributed by atoms with Crippen LogP contribution in [-0.2, 0) is 4.74 Å². The Morgan fingerprint density at radius 2 is 2.06 bits per heavy atom. The molecule has 0 aliphatic carbocycles. The van der Waals surface area contributed by atoms with Gasteiger partial charge in [-0.1, -0.05) is 17.7 Å². The molecule has 1 saturated heterocycles. The Bertz CT molecular complexity index is 1130. The van der Waals surface area contributed by atoms with Crippen molar-refractivity contribution < 1.29 is 14.3 Å². The van der Waals surface area contributed by atoms with Gasteiger partial charge in [-0.25, -0.2) is 4.79 Å². The lowest BCUT2D eigenvalue weighted by atomic mass is 10.0. The van der Waals surface area contributed by atoms with Gasteiger partial charge in [-0.2, -0.15) is 0 Å². The third-order valence-corrected chi connectivity index (χ3v) is 5.51. The SMILES string of the molecule is CCOC(=O)c1cnc2c(C)cc(C)cc2c1NC1CCN(C(=O)c2ccccn2)C1. The number of hydrogen-bond donors (Lipinski definition) is 1. The number of amides is 1. The summed E-state index contributed by atoms with van der Waals surface area (Å²) in [5, 5.41) is 4.41. The van der Waals surface area contributed by atoms with Gasteiger partial charge in [0.1, 0.15) is 11.3 Å². The normalized spacial score (nSPS) is 15.8. The van der Waals surface area contributed by atoms with Crippen molar-refractivity contribution in [2.75, 3.05) is 25.0 Å². The molecule has 2 aromatic heterocycles. The molecule has 7 nitrogen and oxygen atoms in total. The summed E-state index contributed by atoms with van der Waals surface area (Å²) in [6.45, 7) is 7.27. The van der Waals surface area contributed by atoms with Gasteiger partial charge in [-0.3, -0.25) is 14.8 Å². The summed E-state index contributed by atoms with van der Waals surface area (Å²) in [5.74, 6) is -0.486. The van der Waals surface area contributed by atoms with E-state index in [9.17, 15) is 9.59 Å². The maximum Gasteiger partial charge on any atom is 0.341 e. The molecule has 4 rings (SSSR count). The monoisotopic (exact) mass is 418 g/mol. The highest BCUT2D eigenvalue weighted by molar-refractivity contribution is 6.05. The van der Waals surface area contributed by atoms with Crippen LogP contribution in [0.1, 0.15) is 45.3 Å². The average molecular weight is 418 g/mol. The van der Waals surface area contributed by atoms with Crippen molar-refractivity contribution in [2.45, 2.75) is 33.2 Å². The number of hydrogen-bond acceptors (Lipinski definition) is 6. The molecule has 1 aromatic carbocycles. The van der Waals surface area contributed by atoms with Crippen molar-refractivity contribution in [2.24, 2.45) is 0 Å². The van der Waals surface area contributed by atoms with Crippen LogP contribution in [0.15, 0.2) is 42.7 Å². The number of pyridine rings is 2. The van der Waals surface area contributed by atoms with Gasteiger partial charge in [0.15, 0.2) is 0 Å². The lowest BCUT2D eigenvalue weighted by Gasteiger charge is -2.20. The summed E-state index contributed by atoms with van der Waals surface area (Å²) in [5.41, 5.74) is 4.55. The largest absolute Gasteiger partial charge is 0.462 e. The number of rotatable bonds is 5. The number of nitrogens with zero attached hydrogens (tertiary/aromatic N) is 3. The number of aryl methyl sites for hydroxylation is 2. The van der Waals surface area contributed by atoms with Gasteiger partial charge in [-0.05, 0) is 51.0 Å². The van der Waals surface area contributed by atoms with Crippen LogP contribution in [0.4, 0.5) is 5.69 Å². The number of fused-ring (bicyclic) bond motifs is 1. The Morgan fingerprint density at radius 1 is 1.23 bits per heavy atom. The molecule has 7 heteroatoms. The zero-order valence-electron chi connectivity index (χ0n) is 18.0. The van der Waals surface area contributed by atoms with Crippen LogP contribution in [0.3, 0.4) is 0 Å². The Labute approximate surface area is 181 Å². The van der Waals surface area contributed by atoms with Crippen molar-refractivity contribution in [1.29, 1.82) is 0 Å². The fourth-order valence-corrected chi connectivity index (χ4v) is 4.10. The van der Waals surface area contributed by atoms with E-state index in [0.717, 1.165) is 28.5 Å². The summed E-state index contributed by atoms with van der Waals surface area (Å²) >= 11 is 0. The van der Waals surface area contributed by atoms with Crippen LogP contribution in [0.2, 0.25) is 0 Å². The molecular weight excluding hydrogens is 392 g/mol. The van der Waals surface area contributed by atoms with Gasteiger partial charge < -0.3 is 15.0 Å². The number of likely N-dealkylation sites (tertiary alicyclic amines) is 1. The van der Waals surface area contributed by atoms with E-state index in [4.69, 9.17) is 4.74 Å². The molecule has 1 amide bonds. The number of esters is 1. The zero-order chi connectivity index (χ0) is 22.0. The average Bonchev–Trinajstić information content (AvgIpc) is 3.23. The molecule has 3 heterocycles. The zero-order valence-corrected chi connectivity index (χ0v) is 18.0. The van der Waals surface area contributed by atoms with Crippen molar-refractivity contribution in [3.8, 4) is 0 Å². The molecule has 1 unspecified atom stereocenters. The molecule has 31 heavy (non-hydrogen) atoms. The molecule has 0 spiro atoms. The van der Waals surface area contributed by atoms with Gasteiger partial charge in [0.2, 0.25) is 0 Å². The molecule has 1 aliphatic heterocycles. The molecule has 0 saturated carbocycles. The number of anilines is 1. The standard InChI is InChI=1S/C24H26N4O3/c1-4-31-24(30)19-13-26-21-16(3)11-15(2)12-18(21)22(19)27-17-8-10-28(14-17)23(29)20-7-5-6-9-25-20/h5-7,9,11-13,17H,4,8,10,14H2,1-3H3,(H,26,27). The van der Waals surface area contributed by atoms with E-state index in [-0.39, 0.29) is 11.9 Å². The molecule has 3 aromatic rings. The number of nitrogens with one attached hydrogen (secondary N) is 1. The third-order valence-electron chi connectivity index (χ3n) is 5.51. The highest BCUT2D eigenvalue weighted by atomic mass is 16.5. The van der Waals surface area contributed by atoms with Crippen LogP contribution in [-0.4, -0.2) is 52.5 Å². The first-order valence-corrected chi connectivity index (χ1v) is 10.5. The molecular formula is C24H26N4O3. The first-order chi connectivity index (χ1) is 15.0. The van der Waals surface area contributed by atoms with Gasteiger partial charge in [0.25, 0.3) is 5.91 Å². The molecule has 1 aliphatic rings. The van der Waals surface area contributed by atoms with E-state index in [1.165, 1.54) is 0 Å². The number of ether oxygens (including phenoxy) is 1. The number of benzene rings is 1. The summed E-state index contributed by atoms with van der Waals surface area (Å²) < 4.78 is 5.27. The second-order valence-electron chi connectivity index (χ2n) is 7.84. The topological polar surface area (TPSA) is 84.4 Å². The van der Waals surface area contributed by atoms with Crippen LogP contribution in [0.25, 0.3) is 10.9 Å². The van der Waals surface area contributed by atoms with Crippen LogP contribution in [0.5, 0.6) is 0 Å². The minimum absolute atomic E-state index is 0.00672. The Balaban J connectivity index is 1.65. The highest BCUT2D eigenvalue weighted by Gasteiger charge is 2.29. The number of carbonyl (C=O) groups excluding carboxylic acids is 2. The van der Waals surface area contributed by atoms with E-state index in [0.29, 0.717) is 36.6 Å². The minimum Gasteiger partial charge on any atom is -0.462 e. The molecule has 0 radical (unpaired) electrons. The second-order valence-corrected chi connectivity index (χ2v) is 7.84. The summed E-state index contributed by atoms with van der Waals surface area (Å²) in [6.07, 6.45) is 3.98. The fourth-order valence-electron chi connectivity index (χ4n) is 4.10. The Hall–Kier alpha value is -3.48. The molecule has 160 valence electrons. The molecule has 1 atom stereocenters. The number of aromatic nitrogens is 2. The molecule has 1 fully saturated rings. The quantitative estimate of drug-likeness (QED) is 0.636. The maximum atomic E-state index is 12.8. The van der Waals surface area contributed by atoms with Crippen molar-refractivity contribution in [3.05, 3.63) is 65.1 Å². The molecule has 0 bridgehead atoms. The molecule has 1 N–H and O–H groups in total. The van der Waals surface area contributed by atoms with E-state index in [1.807, 2.05) is 26.0 Å². The summed E-state index contributed by atoms with van der Waals surface area (Å²) in [4.78, 5) is 35.9. The van der Waals surface area contributed by atoms with Gasteiger partial charge in [0, 0.05) is 36.9 Å². The smallest absolute Gasteiger partial charge is 0.341 e. The Morgan fingerprint density at radius 3 is 2.81 bits per heavy atom. The van der Waals surface area contributed by atoms with Crippen molar-refractivity contribution in [1.82, 2.24) is 14.9 Å². The minimum atomic E-state index is -0.405. The first kappa shape index (κ1) is 20.8. The highest BCUT2D eigenvalue weighted by Crippen LogP contribution is 2.31. The lowest BCUT2D eigenvalue weighted by molar-refractivity contribution is 0.0527. The lowest BCUT2D eigenvalue weighted by Crippen LogP contribution is -2.32. The predicted molar refractivity (Wildman–Crippen MR) is 119 cm³/mol. The van der Waals surface area contributed by atoms with E-state index in [1.54, 1.807) is 36.4 Å². The van der Waals surface area contributed by atoms with Crippen LogP contribution >= 0.6 is 0 Å². The number of carbonyl (C=O) groups is 2. The maximum absolute atomic E-state index is 12.8. The second kappa shape index (κ2) is 8.71. The van der Waals surface area contributed by atoms with Crippen LogP contribution < -0.4 is 5.32 Å². The Kier molecular flexibility index (Phi) is 5.84. The van der Waals surface area contributed by atoms with Crippen molar-refractivity contribution >= 4 is 28.5 Å². The van der Waals surface area contributed by atoms with Gasteiger partial charge in [-0.15, -0.1) is 0 Å². The van der Waals surface area contributed by atoms with E-state index >= 15 is 0 Å². The van der Waals surface area contributed by atoms with Gasteiger partial charge in [0.05, 0.1) is 17.8 Å². The predicted octanol–water partition coefficient (Wildman–Crippen LogP) is 3.75. The fraction of sp³-hybridized carbons (Fsp3) is 0.333.